The molecule has 0 bridgehead atoms. The number of aliphatic carboxylic acids is 1. The minimum absolute atomic E-state index is 0.0941. The zero-order valence-electron chi connectivity index (χ0n) is 19.3. The van der Waals surface area contributed by atoms with Gasteiger partial charge in [0.15, 0.2) is 5.92 Å². The summed E-state index contributed by atoms with van der Waals surface area (Å²) in [6.45, 7) is 5.76. The lowest BCUT2D eigenvalue weighted by Gasteiger charge is -2.19. The quantitative estimate of drug-likeness (QED) is 0.323. The first-order valence-corrected chi connectivity index (χ1v) is 11.2. The third-order valence-electron chi connectivity index (χ3n) is 5.53. The number of hydrogen-bond acceptors (Lipinski definition) is 5. The molecule has 0 unspecified atom stereocenters. The maximum absolute atomic E-state index is 12.6. The van der Waals surface area contributed by atoms with Gasteiger partial charge < -0.3 is 19.9 Å². The van der Waals surface area contributed by atoms with Crippen LogP contribution in [0.1, 0.15) is 57.1 Å². The minimum Gasteiger partial charge on any atom is -0.481 e. The molecule has 0 radical (unpaired) electrons. The molecule has 0 heterocycles. The van der Waals surface area contributed by atoms with Crippen LogP contribution in [0.4, 0.5) is 4.79 Å². The van der Waals surface area contributed by atoms with Gasteiger partial charge in [0.1, 0.15) is 12.2 Å². The van der Waals surface area contributed by atoms with Crippen molar-refractivity contribution in [3.05, 3.63) is 59.7 Å². The minimum atomic E-state index is -1.24. The number of carboxylic acid groups (broad SMARTS) is 1. The molecular formula is C26H31NO6. The van der Waals surface area contributed by atoms with E-state index in [4.69, 9.17) is 9.47 Å². The van der Waals surface area contributed by atoms with Crippen molar-refractivity contribution in [2.24, 2.45) is 5.92 Å². The standard InChI is InChI=1S/C26H31NO6/c1-26(2,3)33-25(31)27-15-9-8-14-21(23(28)29)24(30)32-16-22-19-12-6-4-10-17(19)18-11-5-7-13-20(18)22/h4-7,10-13,21-22H,8-9,14-16H2,1-3H3,(H,27,31)(H,28,29)/t21-/m0/s1. The van der Waals surface area contributed by atoms with E-state index >= 15 is 0 Å². The van der Waals surface area contributed by atoms with Gasteiger partial charge in [-0.3, -0.25) is 9.59 Å². The summed E-state index contributed by atoms with van der Waals surface area (Å²) in [5.74, 6) is -3.29. The van der Waals surface area contributed by atoms with Crippen molar-refractivity contribution in [1.29, 1.82) is 0 Å². The van der Waals surface area contributed by atoms with Crippen LogP contribution in [0.2, 0.25) is 0 Å². The van der Waals surface area contributed by atoms with Crippen LogP contribution in [-0.2, 0) is 19.1 Å². The van der Waals surface area contributed by atoms with Crippen molar-refractivity contribution >= 4 is 18.0 Å². The average Bonchev–Trinajstić information content (AvgIpc) is 3.07. The van der Waals surface area contributed by atoms with Crippen LogP contribution in [0.5, 0.6) is 0 Å². The average molecular weight is 454 g/mol. The largest absolute Gasteiger partial charge is 0.481 e. The van der Waals surface area contributed by atoms with E-state index in [1.807, 2.05) is 48.5 Å². The third-order valence-corrected chi connectivity index (χ3v) is 5.53. The van der Waals surface area contributed by atoms with E-state index in [1.54, 1.807) is 20.8 Å². The molecule has 1 aliphatic rings. The van der Waals surface area contributed by atoms with Crippen LogP contribution in [0.25, 0.3) is 11.1 Å². The normalized spacial score (nSPS) is 13.5. The second kappa shape index (κ2) is 10.5. The molecule has 0 spiro atoms. The lowest BCUT2D eigenvalue weighted by Crippen LogP contribution is -2.33. The van der Waals surface area contributed by atoms with E-state index < -0.39 is 29.6 Å². The number of unbranched alkanes of at least 4 members (excludes halogenated alkanes) is 1. The van der Waals surface area contributed by atoms with Gasteiger partial charge in [-0.05, 0) is 55.9 Å². The SMILES string of the molecule is CC(C)(C)OC(=O)NCCCC[C@@H](C(=O)O)C(=O)OCC1c2ccccc2-c2ccccc21. The zero-order valence-corrected chi connectivity index (χ0v) is 19.3. The summed E-state index contributed by atoms with van der Waals surface area (Å²) in [5, 5.41) is 12.2. The van der Waals surface area contributed by atoms with Crippen molar-refractivity contribution < 1.29 is 29.0 Å². The lowest BCUT2D eigenvalue weighted by atomic mass is 9.98. The van der Waals surface area contributed by atoms with Gasteiger partial charge in [-0.1, -0.05) is 55.0 Å². The number of rotatable bonds is 9. The number of amides is 1. The van der Waals surface area contributed by atoms with Crippen molar-refractivity contribution in [3.63, 3.8) is 0 Å². The molecule has 176 valence electrons. The summed E-state index contributed by atoms with van der Waals surface area (Å²) in [6, 6.07) is 16.0. The molecule has 2 aromatic rings. The molecule has 2 aromatic carbocycles. The Morgan fingerprint density at radius 2 is 1.55 bits per heavy atom. The highest BCUT2D eigenvalue weighted by molar-refractivity contribution is 5.94. The predicted octanol–water partition coefficient (Wildman–Crippen LogP) is 4.74. The maximum atomic E-state index is 12.6. The number of carbonyl (C=O) groups excluding carboxylic acids is 2. The van der Waals surface area contributed by atoms with Crippen LogP contribution in [0, 0.1) is 5.92 Å². The molecule has 7 heteroatoms. The number of fused-ring (bicyclic) bond motifs is 3. The first kappa shape index (κ1) is 24.3. The summed E-state index contributed by atoms with van der Waals surface area (Å²) in [7, 11) is 0. The third kappa shape index (κ3) is 6.34. The van der Waals surface area contributed by atoms with Crippen molar-refractivity contribution in [2.75, 3.05) is 13.2 Å². The number of alkyl carbamates (subject to hydrolysis) is 1. The molecule has 7 nitrogen and oxygen atoms in total. The highest BCUT2D eigenvalue weighted by atomic mass is 16.6. The molecule has 2 N–H and O–H groups in total. The fourth-order valence-corrected chi connectivity index (χ4v) is 4.03. The highest BCUT2D eigenvalue weighted by Crippen LogP contribution is 2.44. The molecule has 1 atom stereocenters. The number of nitrogens with one attached hydrogen (secondary N) is 1. The first-order valence-electron chi connectivity index (χ1n) is 11.2. The molecule has 0 saturated heterocycles. The molecule has 1 aliphatic carbocycles. The van der Waals surface area contributed by atoms with E-state index in [2.05, 4.69) is 5.32 Å². The Bertz CT molecular complexity index is 964. The number of carbonyl (C=O) groups is 3. The Hall–Kier alpha value is -3.35. The van der Waals surface area contributed by atoms with Crippen molar-refractivity contribution in [2.45, 2.75) is 51.6 Å². The number of hydrogen-bond donors (Lipinski definition) is 2. The molecule has 0 aliphatic heterocycles. The Kier molecular flexibility index (Phi) is 7.74. The van der Waals surface area contributed by atoms with Crippen LogP contribution < -0.4 is 5.32 Å². The van der Waals surface area contributed by atoms with Gasteiger partial charge in [-0.2, -0.15) is 0 Å². The fourth-order valence-electron chi connectivity index (χ4n) is 4.03. The maximum Gasteiger partial charge on any atom is 0.407 e. The van der Waals surface area contributed by atoms with Gasteiger partial charge in [0.2, 0.25) is 0 Å². The Morgan fingerprint density at radius 3 is 2.09 bits per heavy atom. The fraction of sp³-hybridized carbons (Fsp3) is 0.423. The summed E-state index contributed by atoms with van der Waals surface area (Å²) < 4.78 is 10.7. The summed E-state index contributed by atoms with van der Waals surface area (Å²) in [5.41, 5.74) is 3.80. The number of benzene rings is 2. The summed E-state index contributed by atoms with van der Waals surface area (Å²) >= 11 is 0. The van der Waals surface area contributed by atoms with E-state index in [0.717, 1.165) is 22.3 Å². The zero-order chi connectivity index (χ0) is 24.0. The van der Waals surface area contributed by atoms with Crippen molar-refractivity contribution in [3.8, 4) is 11.1 Å². The summed E-state index contributed by atoms with van der Waals surface area (Å²) in [4.78, 5) is 35.9. The molecule has 0 fully saturated rings. The summed E-state index contributed by atoms with van der Waals surface area (Å²) in [6.07, 6.45) is 0.604. The first-order chi connectivity index (χ1) is 15.7. The Labute approximate surface area is 194 Å². The van der Waals surface area contributed by atoms with E-state index in [-0.39, 0.29) is 18.9 Å². The molecule has 0 aromatic heterocycles. The molecule has 3 rings (SSSR count). The Balaban J connectivity index is 1.51. The van der Waals surface area contributed by atoms with Gasteiger partial charge in [0.25, 0.3) is 0 Å². The van der Waals surface area contributed by atoms with E-state index in [9.17, 15) is 19.5 Å². The van der Waals surface area contributed by atoms with Gasteiger partial charge >= 0.3 is 18.0 Å². The highest BCUT2D eigenvalue weighted by Gasteiger charge is 2.32. The van der Waals surface area contributed by atoms with E-state index in [0.29, 0.717) is 19.4 Å². The van der Waals surface area contributed by atoms with Gasteiger partial charge in [0, 0.05) is 12.5 Å². The van der Waals surface area contributed by atoms with E-state index in [1.165, 1.54) is 0 Å². The molecule has 0 saturated carbocycles. The van der Waals surface area contributed by atoms with Gasteiger partial charge in [0.05, 0.1) is 0 Å². The molecule has 33 heavy (non-hydrogen) atoms. The number of carboxylic acids is 1. The van der Waals surface area contributed by atoms with Crippen LogP contribution >= 0.6 is 0 Å². The topological polar surface area (TPSA) is 102 Å². The second-order valence-corrected chi connectivity index (χ2v) is 9.17. The predicted molar refractivity (Wildman–Crippen MR) is 124 cm³/mol. The smallest absolute Gasteiger partial charge is 0.407 e. The monoisotopic (exact) mass is 453 g/mol. The number of esters is 1. The van der Waals surface area contributed by atoms with Gasteiger partial charge in [-0.25, -0.2) is 4.79 Å². The Morgan fingerprint density at radius 1 is 0.970 bits per heavy atom. The van der Waals surface area contributed by atoms with Crippen molar-refractivity contribution in [1.82, 2.24) is 5.32 Å². The lowest BCUT2D eigenvalue weighted by molar-refractivity contribution is -0.159. The second-order valence-electron chi connectivity index (χ2n) is 9.17. The van der Waals surface area contributed by atoms with Crippen LogP contribution in [0.15, 0.2) is 48.5 Å². The molecular weight excluding hydrogens is 422 g/mol. The number of ether oxygens (including phenoxy) is 2. The molecule has 1 amide bonds. The van der Waals surface area contributed by atoms with Gasteiger partial charge in [-0.15, -0.1) is 0 Å². The van der Waals surface area contributed by atoms with Crippen LogP contribution in [-0.4, -0.2) is 41.9 Å². The van der Waals surface area contributed by atoms with Crippen LogP contribution in [0.3, 0.4) is 0 Å².